The first-order chi connectivity index (χ1) is 10.7. The summed E-state index contributed by atoms with van der Waals surface area (Å²) < 4.78 is 5.23. The summed E-state index contributed by atoms with van der Waals surface area (Å²) in [6.07, 6.45) is 0. The number of aromatic amines is 1. The molecule has 1 aromatic heterocycles. The molecule has 0 saturated carbocycles. The maximum Gasteiger partial charge on any atom is 0.252 e. The Labute approximate surface area is 132 Å². The van der Waals surface area contributed by atoms with Crippen LogP contribution in [0.4, 0.5) is 0 Å². The lowest BCUT2D eigenvalue weighted by Gasteiger charge is -2.26. The topological polar surface area (TPSA) is 62.4 Å². The molecule has 1 aliphatic heterocycles. The number of amides is 1. The van der Waals surface area contributed by atoms with E-state index in [2.05, 4.69) is 4.98 Å². The Balaban J connectivity index is 1.60. The largest absolute Gasteiger partial charge is 0.378 e. The van der Waals surface area contributed by atoms with Gasteiger partial charge in [-0.2, -0.15) is 0 Å². The van der Waals surface area contributed by atoms with Crippen LogP contribution in [0.25, 0.3) is 10.9 Å². The number of benzene rings is 1. The fourth-order valence-electron chi connectivity index (χ4n) is 2.45. The molecule has 1 aromatic carbocycles. The molecule has 6 heteroatoms. The number of carbonyl (C=O) groups is 1. The third kappa shape index (κ3) is 3.51. The van der Waals surface area contributed by atoms with Crippen molar-refractivity contribution in [3.8, 4) is 0 Å². The highest BCUT2D eigenvalue weighted by molar-refractivity contribution is 7.99. The highest BCUT2D eigenvalue weighted by Crippen LogP contribution is 2.15. The lowest BCUT2D eigenvalue weighted by Crippen LogP contribution is -2.41. The number of fused-ring (bicyclic) bond motifs is 1. The third-order valence-electron chi connectivity index (χ3n) is 3.68. The summed E-state index contributed by atoms with van der Waals surface area (Å²) in [7, 11) is 0. The molecule has 2 heterocycles. The number of aromatic nitrogens is 1. The quantitative estimate of drug-likeness (QED) is 0.930. The van der Waals surface area contributed by atoms with E-state index in [0.717, 1.165) is 10.9 Å². The number of hydrogen-bond acceptors (Lipinski definition) is 4. The summed E-state index contributed by atoms with van der Waals surface area (Å²) in [6, 6.07) is 9.60. The van der Waals surface area contributed by atoms with Crippen LogP contribution in [0.2, 0.25) is 0 Å². The molecule has 22 heavy (non-hydrogen) atoms. The van der Waals surface area contributed by atoms with Crippen LogP contribution in [0.5, 0.6) is 0 Å². The van der Waals surface area contributed by atoms with Crippen molar-refractivity contribution in [3.05, 3.63) is 46.2 Å². The fourth-order valence-corrected chi connectivity index (χ4v) is 3.35. The lowest BCUT2D eigenvalue weighted by molar-refractivity contribution is -0.132. The summed E-state index contributed by atoms with van der Waals surface area (Å²) >= 11 is 1.48. The number of hydrogen-bond donors (Lipinski definition) is 1. The van der Waals surface area contributed by atoms with Crippen molar-refractivity contribution in [3.63, 3.8) is 0 Å². The van der Waals surface area contributed by atoms with Gasteiger partial charge in [-0.15, -0.1) is 11.8 Å². The second kappa shape index (κ2) is 6.98. The minimum Gasteiger partial charge on any atom is -0.378 e. The van der Waals surface area contributed by atoms with Crippen LogP contribution in [-0.4, -0.2) is 47.8 Å². The molecule has 1 N–H and O–H groups in total. The first-order valence-corrected chi connectivity index (χ1v) is 8.44. The Morgan fingerprint density at radius 3 is 2.86 bits per heavy atom. The summed E-state index contributed by atoms with van der Waals surface area (Å²) in [5.41, 5.74) is 1.47. The molecule has 5 nitrogen and oxygen atoms in total. The van der Waals surface area contributed by atoms with Gasteiger partial charge in [0.2, 0.25) is 5.91 Å². The van der Waals surface area contributed by atoms with E-state index in [-0.39, 0.29) is 11.5 Å². The van der Waals surface area contributed by atoms with Crippen LogP contribution in [0.3, 0.4) is 0 Å². The van der Waals surface area contributed by atoms with Crippen LogP contribution in [0.1, 0.15) is 5.56 Å². The number of morpholine rings is 1. The summed E-state index contributed by atoms with van der Waals surface area (Å²) in [5, 5.41) is 1.01. The molecule has 1 amide bonds. The van der Waals surface area contributed by atoms with Crippen molar-refractivity contribution in [2.75, 3.05) is 32.1 Å². The predicted octanol–water partition coefficient (Wildman–Crippen LogP) is 1.62. The number of carbonyl (C=O) groups excluding carboxylic acids is 1. The smallest absolute Gasteiger partial charge is 0.252 e. The standard InChI is InChI=1S/C16H18N2O3S/c19-15(18-5-7-21-8-6-18)11-22-10-13-9-12-3-1-2-4-14(12)17-16(13)20/h1-4,9H,5-8,10-11H2,(H,17,20). The van der Waals surface area contributed by atoms with Gasteiger partial charge < -0.3 is 14.6 Å². The SMILES string of the molecule is O=C(CSCc1cc2ccccc2[nH]c1=O)N1CCOCC1. The van der Waals surface area contributed by atoms with Gasteiger partial charge in [0.25, 0.3) is 5.56 Å². The van der Waals surface area contributed by atoms with Crippen LogP contribution in [-0.2, 0) is 15.3 Å². The first kappa shape index (κ1) is 15.1. The van der Waals surface area contributed by atoms with Gasteiger partial charge in [-0.3, -0.25) is 9.59 Å². The normalized spacial score (nSPS) is 15.2. The predicted molar refractivity (Wildman–Crippen MR) is 88.1 cm³/mol. The molecular formula is C16H18N2O3S. The molecule has 2 aromatic rings. The van der Waals surface area contributed by atoms with Crippen LogP contribution >= 0.6 is 11.8 Å². The average molecular weight is 318 g/mol. The average Bonchev–Trinajstić information content (AvgIpc) is 2.56. The zero-order valence-corrected chi connectivity index (χ0v) is 13.0. The fraction of sp³-hybridized carbons (Fsp3) is 0.375. The number of pyridine rings is 1. The van der Waals surface area contributed by atoms with Crippen molar-refractivity contribution in [2.24, 2.45) is 0 Å². The van der Waals surface area contributed by atoms with Crippen molar-refractivity contribution in [2.45, 2.75) is 5.75 Å². The van der Waals surface area contributed by atoms with Crippen LogP contribution in [0, 0.1) is 0 Å². The molecule has 0 atom stereocenters. The van der Waals surface area contributed by atoms with Gasteiger partial charge >= 0.3 is 0 Å². The highest BCUT2D eigenvalue weighted by Gasteiger charge is 2.16. The number of nitrogens with zero attached hydrogens (tertiary/aromatic N) is 1. The van der Waals surface area contributed by atoms with E-state index < -0.39 is 0 Å². The van der Waals surface area contributed by atoms with E-state index in [1.54, 1.807) is 0 Å². The van der Waals surface area contributed by atoms with E-state index >= 15 is 0 Å². The first-order valence-electron chi connectivity index (χ1n) is 7.28. The summed E-state index contributed by atoms with van der Waals surface area (Å²) in [5.74, 6) is 1.05. The monoisotopic (exact) mass is 318 g/mol. The second-order valence-electron chi connectivity index (χ2n) is 5.20. The second-order valence-corrected chi connectivity index (χ2v) is 6.18. The summed E-state index contributed by atoms with van der Waals surface area (Å²) in [4.78, 5) is 28.8. The minimum absolute atomic E-state index is 0.0787. The van der Waals surface area contributed by atoms with Gasteiger partial charge in [0, 0.05) is 29.9 Å². The molecule has 1 aliphatic rings. The van der Waals surface area contributed by atoms with E-state index in [0.29, 0.717) is 43.4 Å². The Morgan fingerprint density at radius 2 is 2.05 bits per heavy atom. The third-order valence-corrected chi connectivity index (χ3v) is 4.64. The zero-order chi connectivity index (χ0) is 15.4. The van der Waals surface area contributed by atoms with Gasteiger partial charge in [0.05, 0.1) is 19.0 Å². The van der Waals surface area contributed by atoms with Crippen molar-refractivity contribution in [1.82, 2.24) is 9.88 Å². The minimum atomic E-state index is -0.0787. The highest BCUT2D eigenvalue weighted by atomic mass is 32.2. The number of nitrogens with one attached hydrogen (secondary N) is 1. The van der Waals surface area contributed by atoms with Crippen molar-refractivity contribution >= 4 is 28.6 Å². The van der Waals surface area contributed by atoms with E-state index in [9.17, 15) is 9.59 Å². The molecule has 116 valence electrons. The Morgan fingerprint density at radius 1 is 1.27 bits per heavy atom. The van der Waals surface area contributed by atoms with E-state index in [1.807, 2.05) is 35.2 Å². The molecule has 1 fully saturated rings. The van der Waals surface area contributed by atoms with Crippen LogP contribution < -0.4 is 5.56 Å². The van der Waals surface area contributed by atoms with Gasteiger partial charge in [0.15, 0.2) is 0 Å². The molecule has 3 rings (SSSR count). The Kier molecular flexibility index (Phi) is 4.80. The van der Waals surface area contributed by atoms with Crippen molar-refractivity contribution < 1.29 is 9.53 Å². The number of ether oxygens (including phenoxy) is 1. The number of rotatable bonds is 4. The molecule has 0 spiro atoms. The molecular weight excluding hydrogens is 300 g/mol. The van der Waals surface area contributed by atoms with Crippen LogP contribution in [0.15, 0.2) is 35.1 Å². The molecule has 1 saturated heterocycles. The molecule has 0 unspecified atom stereocenters. The summed E-state index contributed by atoms with van der Waals surface area (Å²) in [6.45, 7) is 2.55. The number of para-hydroxylation sites is 1. The zero-order valence-electron chi connectivity index (χ0n) is 12.2. The van der Waals surface area contributed by atoms with Gasteiger partial charge in [-0.25, -0.2) is 0 Å². The van der Waals surface area contributed by atoms with Crippen molar-refractivity contribution in [1.29, 1.82) is 0 Å². The molecule has 0 aliphatic carbocycles. The maximum absolute atomic E-state index is 12.0. The molecule has 0 bridgehead atoms. The van der Waals surface area contributed by atoms with Gasteiger partial charge in [0.1, 0.15) is 0 Å². The van der Waals surface area contributed by atoms with E-state index in [4.69, 9.17) is 4.74 Å². The lowest BCUT2D eigenvalue weighted by atomic mass is 10.2. The van der Waals surface area contributed by atoms with Gasteiger partial charge in [-0.1, -0.05) is 18.2 Å². The Bertz CT molecular complexity index is 723. The Hall–Kier alpha value is -1.79. The maximum atomic E-state index is 12.0. The number of H-pyrrole nitrogens is 1. The van der Waals surface area contributed by atoms with E-state index in [1.165, 1.54) is 11.8 Å². The number of thioether (sulfide) groups is 1. The molecule has 0 radical (unpaired) electrons. The van der Waals surface area contributed by atoms with Gasteiger partial charge in [-0.05, 0) is 17.5 Å².